The van der Waals surface area contributed by atoms with Gasteiger partial charge in [0.25, 0.3) is 0 Å². The molecule has 3 nitrogen and oxygen atoms in total. The molecule has 4 heteroatoms. The van der Waals surface area contributed by atoms with Crippen LogP contribution in [-0.2, 0) is 15.6 Å². The van der Waals surface area contributed by atoms with E-state index < -0.39 is 15.0 Å². The summed E-state index contributed by atoms with van der Waals surface area (Å²) < 4.78 is 6.14. The Balaban J connectivity index is 2.94. The maximum absolute atomic E-state index is 10.7. The summed E-state index contributed by atoms with van der Waals surface area (Å²) in [6.07, 6.45) is 0.137. The lowest BCUT2D eigenvalue weighted by Crippen LogP contribution is -2.25. The fourth-order valence-electron chi connectivity index (χ4n) is 2.04. The summed E-state index contributed by atoms with van der Waals surface area (Å²) in [6, 6.07) is 7.75. The summed E-state index contributed by atoms with van der Waals surface area (Å²) in [7, 11) is -1.13. The first-order valence-electron chi connectivity index (χ1n) is 6.66. The quantitative estimate of drug-likeness (QED) is 0.841. The Hall–Kier alpha value is -1.13. The lowest BCUT2D eigenvalue weighted by molar-refractivity contribution is -0.136. The lowest BCUT2D eigenvalue weighted by atomic mass is 9.84. The number of hydrogen-bond acceptors (Lipinski definition) is 2. The van der Waals surface area contributed by atoms with Gasteiger partial charge < -0.3 is 9.53 Å². The van der Waals surface area contributed by atoms with Crippen LogP contribution in [0.5, 0.6) is 0 Å². The van der Waals surface area contributed by atoms with Crippen molar-refractivity contribution in [1.29, 1.82) is 0 Å². The highest BCUT2D eigenvalue weighted by Gasteiger charge is 2.27. The second kappa shape index (κ2) is 6.35. The van der Waals surface area contributed by atoms with Crippen LogP contribution in [0.2, 0.25) is 13.1 Å². The average Bonchev–Trinajstić information content (AvgIpc) is 2.25. The molecule has 0 aliphatic rings. The largest absolute Gasteiger partial charge is 0.481 e. The van der Waals surface area contributed by atoms with E-state index in [0.29, 0.717) is 0 Å². The minimum absolute atomic E-state index is 0.0333. The van der Waals surface area contributed by atoms with Crippen LogP contribution in [0.15, 0.2) is 24.3 Å². The van der Waals surface area contributed by atoms with Crippen molar-refractivity contribution in [3.63, 3.8) is 0 Å². The van der Waals surface area contributed by atoms with Crippen molar-refractivity contribution in [2.45, 2.75) is 46.4 Å². The van der Waals surface area contributed by atoms with E-state index in [-0.39, 0.29) is 17.9 Å². The maximum Gasteiger partial charge on any atom is 0.307 e. The number of carboxylic acids is 1. The Morgan fingerprint density at radius 1 is 1.26 bits per heavy atom. The standard InChI is InChI=1S/C15H24O3Si/c1-15(2,3)14(18-19(4)5)12-8-6-11(7-9-12)10-13(16)17/h6-9,14,19H,10H2,1-5H3,(H,16,17). The average molecular weight is 280 g/mol. The summed E-state index contributed by atoms with van der Waals surface area (Å²) in [5.41, 5.74) is 1.99. The summed E-state index contributed by atoms with van der Waals surface area (Å²) in [5.74, 6) is -0.800. The Kier molecular flexibility index (Phi) is 5.32. The zero-order valence-corrected chi connectivity index (χ0v) is 13.6. The molecule has 1 aromatic carbocycles. The van der Waals surface area contributed by atoms with Gasteiger partial charge >= 0.3 is 5.97 Å². The number of benzene rings is 1. The molecule has 106 valence electrons. The molecular formula is C15H24O3Si. The highest BCUT2D eigenvalue weighted by Crippen LogP contribution is 2.36. The maximum atomic E-state index is 10.7. The smallest absolute Gasteiger partial charge is 0.307 e. The minimum atomic E-state index is -1.13. The summed E-state index contributed by atoms with van der Waals surface area (Å²) >= 11 is 0. The van der Waals surface area contributed by atoms with Gasteiger partial charge in [-0.15, -0.1) is 0 Å². The van der Waals surface area contributed by atoms with E-state index in [2.05, 4.69) is 33.9 Å². The highest BCUT2D eigenvalue weighted by atomic mass is 28.3. The molecule has 0 heterocycles. The first kappa shape index (κ1) is 15.9. The first-order chi connectivity index (χ1) is 8.70. The Bertz CT molecular complexity index is 418. The molecule has 0 spiro atoms. The summed E-state index contributed by atoms with van der Waals surface area (Å²) in [4.78, 5) is 10.7. The van der Waals surface area contributed by atoms with Crippen molar-refractivity contribution in [2.75, 3.05) is 0 Å². The normalized spacial score (nSPS) is 13.6. The van der Waals surface area contributed by atoms with Crippen molar-refractivity contribution in [3.05, 3.63) is 35.4 Å². The predicted molar refractivity (Wildman–Crippen MR) is 79.9 cm³/mol. The molecule has 19 heavy (non-hydrogen) atoms. The molecule has 1 N–H and O–H groups in total. The molecule has 0 amide bonds. The van der Waals surface area contributed by atoms with Crippen molar-refractivity contribution in [1.82, 2.24) is 0 Å². The molecule has 0 fully saturated rings. The van der Waals surface area contributed by atoms with Crippen molar-refractivity contribution < 1.29 is 14.3 Å². The SMILES string of the molecule is C[SiH](C)OC(c1ccc(CC(=O)O)cc1)C(C)(C)C. The van der Waals surface area contributed by atoms with Crippen LogP contribution in [0.3, 0.4) is 0 Å². The number of hydrogen-bond donors (Lipinski definition) is 1. The van der Waals surface area contributed by atoms with E-state index in [9.17, 15) is 4.79 Å². The van der Waals surface area contributed by atoms with Crippen molar-refractivity contribution in [2.24, 2.45) is 5.41 Å². The van der Waals surface area contributed by atoms with E-state index in [4.69, 9.17) is 9.53 Å². The number of carboxylic acid groups (broad SMARTS) is 1. The van der Waals surface area contributed by atoms with Crippen molar-refractivity contribution in [3.8, 4) is 0 Å². The summed E-state index contributed by atoms with van der Waals surface area (Å²) in [6.45, 7) is 10.8. The van der Waals surface area contributed by atoms with E-state index in [1.54, 1.807) is 0 Å². The zero-order chi connectivity index (χ0) is 14.6. The molecule has 1 unspecified atom stereocenters. The zero-order valence-electron chi connectivity index (χ0n) is 12.4. The van der Waals surface area contributed by atoms with Gasteiger partial charge in [0.2, 0.25) is 0 Å². The Morgan fingerprint density at radius 3 is 2.16 bits per heavy atom. The van der Waals surface area contributed by atoms with E-state index in [1.165, 1.54) is 0 Å². The van der Waals surface area contributed by atoms with Crippen molar-refractivity contribution >= 4 is 15.0 Å². The second-order valence-corrected chi connectivity index (χ2v) is 8.61. The van der Waals surface area contributed by atoms with Gasteiger partial charge in [0.15, 0.2) is 9.04 Å². The van der Waals surface area contributed by atoms with Gasteiger partial charge in [-0.3, -0.25) is 4.79 Å². The molecule has 1 atom stereocenters. The van der Waals surface area contributed by atoms with Gasteiger partial charge in [-0.25, -0.2) is 0 Å². The van der Waals surface area contributed by atoms with Crippen LogP contribution >= 0.6 is 0 Å². The van der Waals surface area contributed by atoms with E-state index in [0.717, 1.165) is 11.1 Å². The molecule has 0 bridgehead atoms. The van der Waals surface area contributed by atoms with Crippen LogP contribution in [0.4, 0.5) is 0 Å². The van der Waals surface area contributed by atoms with Crippen LogP contribution in [0.1, 0.15) is 38.0 Å². The molecule has 0 aliphatic carbocycles. The van der Waals surface area contributed by atoms with Gasteiger partial charge in [-0.1, -0.05) is 45.0 Å². The predicted octanol–water partition coefficient (Wildman–Crippen LogP) is 3.40. The van der Waals surface area contributed by atoms with Gasteiger partial charge in [-0.05, 0) is 29.6 Å². The molecule has 0 saturated heterocycles. The fourth-order valence-corrected chi connectivity index (χ4v) is 3.15. The molecule has 0 aliphatic heterocycles. The van der Waals surface area contributed by atoms with Crippen LogP contribution < -0.4 is 0 Å². The third-order valence-electron chi connectivity index (χ3n) is 2.83. The number of aliphatic carboxylic acids is 1. The Labute approximate surface area is 117 Å². The monoisotopic (exact) mass is 280 g/mol. The van der Waals surface area contributed by atoms with E-state index in [1.807, 2.05) is 24.3 Å². The third kappa shape index (κ3) is 5.16. The van der Waals surface area contributed by atoms with Gasteiger partial charge in [-0.2, -0.15) is 0 Å². The fraction of sp³-hybridized carbons (Fsp3) is 0.533. The van der Waals surface area contributed by atoms with Crippen LogP contribution in [0.25, 0.3) is 0 Å². The molecular weight excluding hydrogens is 256 g/mol. The lowest BCUT2D eigenvalue weighted by Gasteiger charge is -2.33. The van der Waals surface area contributed by atoms with Gasteiger partial charge in [0.05, 0.1) is 12.5 Å². The first-order valence-corrected chi connectivity index (χ1v) is 9.44. The van der Waals surface area contributed by atoms with Crippen LogP contribution in [-0.4, -0.2) is 20.1 Å². The molecule has 0 radical (unpaired) electrons. The van der Waals surface area contributed by atoms with E-state index >= 15 is 0 Å². The van der Waals surface area contributed by atoms with Gasteiger partial charge in [0.1, 0.15) is 0 Å². The molecule has 1 rings (SSSR count). The minimum Gasteiger partial charge on any atom is -0.481 e. The molecule has 1 aromatic rings. The highest BCUT2D eigenvalue weighted by molar-refractivity contribution is 6.48. The molecule has 0 aromatic heterocycles. The molecule has 0 saturated carbocycles. The number of carbonyl (C=O) groups is 1. The third-order valence-corrected chi connectivity index (χ3v) is 3.65. The topological polar surface area (TPSA) is 46.5 Å². The van der Waals surface area contributed by atoms with Crippen LogP contribution in [0, 0.1) is 5.41 Å². The Morgan fingerprint density at radius 2 is 1.79 bits per heavy atom. The number of rotatable bonds is 5. The summed E-state index contributed by atoms with van der Waals surface area (Å²) in [5, 5.41) is 8.77. The second-order valence-electron chi connectivity index (χ2n) is 6.24. The van der Waals surface area contributed by atoms with Gasteiger partial charge in [0, 0.05) is 0 Å².